The van der Waals surface area contributed by atoms with Crippen LogP contribution in [0.1, 0.15) is 20.3 Å². The summed E-state index contributed by atoms with van der Waals surface area (Å²) in [6, 6.07) is 14.5. The minimum Gasteiger partial charge on any atom is -0.379 e. The second-order valence-electron chi connectivity index (χ2n) is 6.27. The lowest BCUT2D eigenvalue weighted by atomic mass is 10.2. The molecule has 1 aromatic carbocycles. The van der Waals surface area contributed by atoms with Crippen LogP contribution in [0.5, 0.6) is 0 Å². The van der Waals surface area contributed by atoms with E-state index in [1.54, 1.807) is 11.3 Å². The molecule has 0 aliphatic rings. The van der Waals surface area contributed by atoms with Gasteiger partial charge in [-0.05, 0) is 43.8 Å². The quantitative estimate of drug-likeness (QED) is 0.612. The smallest absolute Gasteiger partial charge is 0.239 e. The predicted octanol–water partition coefficient (Wildman–Crippen LogP) is 4.30. The summed E-state index contributed by atoms with van der Waals surface area (Å²) in [6.45, 7) is 5.67. The number of carbonyl (C=O) groups excluding carboxylic acids is 1. The standard InChI is InChI=1S/C20H24N2O2S/c1-15(2)24-11-6-10-21-20(23)14-22-17-8-4-3-7-16(17)13-18(22)19-9-5-12-25-19/h3-5,7-9,12-13,15H,6,10-11,14H2,1-2H3,(H,21,23). The predicted molar refractivity (Wildman–Crippen MR) is 104 cm³/mol. The highest BCUT2D eigenvalue weighted by Crippen LogP contribution is 2.31. The van der Waals surface area contributed by atoms with Crippen LogP contribution in [-0.2, 0) is 16.1 Å². The van der Waals surface area contributed by atoms with E-state index in [0.717, 1.165) is 23.0 Å². The third-order valence-electron chi connectivity index (χ3n) is 3.98. The second-order valence-corrected chi connectivity index (χ2v) is 7.22. The van der Waals surface area contributed by atoms with Gasteiger partial charge in [0.2, 0.25) is 5.91 Å². The lowest BCUT2D eigenvalue weighted by molar-refractivity contribution is -0.121. The SMILES string of the molecule is CC(C)OCCCNC(=O)Cn1c(-c2cccs2)cc2ccccc21. The van der Waals surface area contributed by atoms with E-state index >= 15 is 0 Å². The Labute approximate surface area is 152 Å². The lowest BCUT2D eigenvalue weighted by Gasteiger charge is -2.11. The number of hydrogen-bond donors (Lipinski definition) is 1. The number of aromatic nitrogens is 1. The molecule has 0 radical (unpaired) electrons. The van der Waals surface area contributed by atoms with Gasteiger partial charge in [-0.25, -0.2) is 0 Å². The van der Waals surface area contributed by atoms with Crippen LogP contribution in [0.3, 0.4) is 0 Å². The van der Waals surface area contributed by atoms with Crippen LogP contribution >= 0.6 is 11.3 Å². The Morgan fingerprint density at radius 3 is 2.84 bits per heavy atom. The number of amides is 1. The monoisotopic (exact) mass is 356 g/mol. The minimum atomic E-state index is 0.0312. The molecule has 0 saturated carbocycles. The molecule has 0 spiro atoms. The van der Waals surface area contributed by atoms with Crippen LogP contribution in [0.15, 0.2) is 47.8 Å². The Kier molecular flexibility index (Phi) is 5.89. The molecule has 25 heavy (non-hydrogen) atoms. The Morgan fingerprint density at radius 2 is 2.08 bits per heavy atom. The van der Waals surface area contributed by atoms with Crippen molar-refractivity contribution in [3.8, 4) is 10.6 Å². The Morgan fingerprint density at radius 1 is 1.24 bits per heavy atom. The van der Waals surface area contributed by atoms with Crippen molar-refractivity contribution in [2.24, 2.45) is 0 Å². The maximum atomic E-state index is 12.4. The molecule has 0 aliphatic carbocycles. The number of para-hydroxylation sites is 1. The van der Waals surface area contributed by atoms with Crippen molar-refractivity contribution in [1.82, 2.24) is 9.88 Å². The first-order chi connectivity index (χ1) is 12.1. The van der Waals surface area contributed by atoms with Crippen molar-refractivity contribution in [3.63, 3.8) is 0 Å². The van der Waals surface area contributed by atoms with E-state index in [0.29, 0.717) is 19.7 Å². The van der Waals surface area contributed by atoms with Gasteiger partial charge in [-0.2, -0.15) is 0 Å². The zero-order chi connectivity index (χ0) is 17.6. The molecule has 1 amide bonds. The first kappa shape index (κ1) is 17.7. The van der Waals surface area contributed by atoms with Crippen molar-refractivity contribution in [2.45, 2.75) is 32.9 Å². The lowest BCUT2D eigenvalue weighted by Crippen LogP contribution is -2.29. The average molecular weight is 356 g/mol. The highest BCUT2D eigenvalue weighted by atomic mass is 32.1. The summed E-state index contributed by atoms with van der Waals surface area (Å²) in [5, 5.41) is 6.21. The van der Waals surface area contributed by atoms with Crippen LogP contribution in [0.4, 0.5) is 0 Å². The molecule has 0 aliphatic heterocycles. The summed E-state index contributed by atoms with van der Waals surface area (Å²) in [5.74, 6) is 0.0312. The van der Waals surface area contributed by atoms with Crippen LogP contribution in [0.25, 0.3) is 21.5 Å². The van der Waals surface area contributed by atoms with Crippen LogP contribution in [0.2, 0.25) is 0 Å². The van der Waals surface area contributed by atoms with Gasteiger partial charge < -0.3 is 14.6 Å². The molecule has 2 heterocycles. The van der Waals surface area contributed by atoms with Gasteiger partial charge in [-0.3, -0.25) is 4.79 Å². The first-order valence-electron chi connectivity index (χ1n) is 8.65. The largest absolute Gasteiger partial charge is 0.379 e. The zero-order valence-electron chi connectivity index (χ0n) is 14.7. The van der Waals surface area contributed by atoms with Crippen LogP contribution in [0, 0.1) is 0 Å². The highest BCUT2D eigenvalue weighted by molar-refractivity contribution is 7.13. The highest BCUT2D eigenvalue weighted by Gasteiger charge is 2.13. The first-order valence-corrected chi connectivity index (χ1v) is 9.53. The fraction of sp³-hybridized carbons (Fsp3) is 0.350. The van der Waals surface area contributed by atoms with E-state index < -0.39 is 0 Å². The number of nitrogens with one attached hydrogen (secondary N) is 1. The second kappa shape index (κ2) is 8.32. The molecule has 0 fully saturated rings. The zero-order valence-corrected chi connectivity index (χ0v) is 15.5. The Bertz CT molecular complexity index is 821. The summed E-state index contributed by atoms with van der Waals surface area (Å²) >= 11 is 1.69. The summed E-state index contributed by atoms with van der Waals surface area (Å²) in [4.78, 5) is 13.6. The van der Waals surface area contributed by atoms with Gasteiger partial charge in [0.25, 0.3) is 0 Å². The fourth-order valence-corrected chi connectivity index (χ4v) is 3.58. The molecule has 0 bridgehead atoms. The molecular formula is C20H24N2O2S. The summed E-state index contributed by atoms with van der Waals surface area (Å²) in [6.07, 6.45) is 1.06. The van der Waals surface area contributed by atoms with Gasteiger partial charge in [-0.15, -0.1) is 11.3 Å². The molecule has 132 valence electrons. The van der Waals surface area contributed by atoms with Crippen molar-refractivity contribution >= 4 is 28.1 Å². The molecule has 0 unspecified atom stereocenters. The van der Waals surface area contributed by atoms with E-state index in [4.69, 9.17) is 4.74 Å². The molecule has 2 aromatic heterocycles. The summed E-state index contributed by atoms with van der Waals surface area (Å²) in [5.41, 5.74) is 2.18. The Hall–Kier alpha value is -2.11. The molecule has 5 heteroatoms. The minimum absolute atomic E-state index is 0.0312. The topological polar surface area (TPSA) is 43.3 Å². The van der Waals surface area contributed by atoms with Gasteiger partial charge >= 0.3 is 0 Å². The van der Waals surface area contributed by atoms with Gasteiger partial charge in [0.15, 0.2) is 0 Å². The molecular weight excluding hydrogens is 332 g/mol. The Balaban J connectivity index is 1.70. The molecule has 3 rings (SSSR count). The number of thiophene rings is 1. The maximum Gasteiger partial charge on any atom is 0.239 e. The van der Waals surface area contributed by atoms with E-state index in [-0.39, 0.29) is 12.0 Å². The third kappa shape index (κ3) is 4.50. The van der Waals surface area contributed by atoms with Crippen molar-refractivity contribution in [2.75, 3.05) is 13.2 Å². The molecule has 1 N–H and O–H groups in total. The van der Waals surface area contributed by atoms with E-state index in [9.17, 15) is 4.79 Å². The number of fused-ring (bicyclic) bond motifs is 1. The normalized spacial score (nSPS) is 11.3. The van der Waals surface area contributed by atoms with E-state index in [1.165, 1.54) is 4.88 Å². The van der Waals surface area contributed by atoms with Gasteiger partial charge in [0.1, 0.15) is 6.54 Å². The summed E-state index contributed by atoms with van der Waals surface area (Å²) < 4.78 is 7.60. The van der Waals surface area contributed by atoms with Crippen molar-refractivity contribution in [1.29, 1.82) is 0 Å². The van der Waals surface area contributed by atoms with E-state index in [2.05, 4.69) is 39.5 Å². The molecule has 3 aromatic rings. The summed E-state index contributed by atoms with van der Waals surface area (Å²) in [7, 11) is 0. The van der Waals surface area contributed by atoms with Crippen molar-refractivity contribution < 1.29 is 9.53 Å². The maximum absolute atomic E-state index is 12.4. The number of ether oxygens (including phenoxy) is 1. The molecule has 4 nitrogen and oxygen atoms in total. The van der Waals surface area contributed by atoms with Crippen LogP contribution in [-0.4, -0.2) is 29.7 Å². The molecule has 0 atom stereocenters. The average Bonchev–Trinajstić information content (AvgIpc) is 3.22. The number of nitrogens with zero attached hydrogens (tertiary/aromatic N) is 1. The van der Waals surface area contributed by atoms with Crippen LogP contribution < -0.4 is 5.32 Å². The number of carbonyl (C=O) groups is 1. The van der Waals surface area contributed by atoms with Gasteiger partial charge in [0, 0.05) is 24.1 Å². The molecule has 0 saturated heterocycles. The number of rotatable bonds is 8. The van der Waals surface area contributed by atoms with E-state index in [1.807, 2.05) is 32.0 Å². The number of benzene rings is 1. The fourth-order valence-electron chi connectivity index (χ4n) is 2.83. The number of hydrogen-bond acceptors (Lipinski definition) is 3. The third-order valence-corrected chi connectivity index (χ3v) is 4.87. The van der Waals surface area contributed by atoms with Gasteiger partial charge in [-0.1, -0.05) is 24.3 Å². The van der Waals surface area contributed by atoms with Crippen molar-refractivity contribution in [3.05, 3.63) is 47.8 Å². The van der Waals surface area contributed by atoms with Gasteiger partial charge in [0.05, 0.1) is 16.7 Å².